The number of halogens is 2. The summed E-state index contributed by atoms with van der Waals surface area (Å²) in [4.78, 5) is 10.6. The Morgan fingerprint density at radius 3 is 2.44 bits per heavy atom. The molecule has 0 atom stereocenters. The standard InChI is InChI=1S/C14H10F2O2/c15-12-6-5-9(7-10(12)8-14(17)18)11-3-1-2-4-13(11)16/h1-7H,8H2,(H,17,18). The van der Waals surface area contributed by atoms with E-state index in [4.69, 9.17) is 5.11 Å². The summed E-state index contributed by atoms with van der Waals surface area (Å²) in [6, 6.07) is 10.0. The Morgan fingerprint density at radius 1 is 1.06 bits per heavy atom. The van der Waals surface area contributed by atoms with Crippen LogP contribution in [-0.2, 0) is 11.2 Å². The molecule has 2 rings (SSSR count). The second-order valence-electron chi connectivity index (χ2n) is 3.86. The first-order valence-electron chi connectivity index (χ1n) is 5.33. The fraction of sp³-hybridized carbons (Fsp3) is 0.0714. The largest absolute Gasteiger partial charge is 0.481 e. The average Bonchev–Trinajstić information content (AvgIpc) is 2.32. The monoisotopic (exact) mass is 248 g/mol. The minimum absolute atomic E-state index is 0.0447. The Morgan fingerprint density at radius 2 is 1.78 bits per heavy atom. The fourth-order valence-corrected chi connectivity index (χ4v) is 1.74. The van der Waals surface area contributed by atoms with Crippen molar-refractivity contribution < 1.29 is 18.7 Å². The molecule has 92 valence electrons. The number of carbonyl (C=O) groups is 1. The molecule has 2 aromatic carbocycles. The summed E-state index contributed by atoms with van der Waals surface area (Å²) in [6.45, 7) is 0. The zero-order chi connectivity index (χ0) is 13.1. The van der Waals surface area contributed by atoms with Gasteiger partial charge in [-0.15, -0.1) is 0 Å². The Kier molecular flexibility index (Phi) is 3.37. The summed E-state index contributed by atoms with van der Waals surface area (Å²) in [5.74, 6) is -2.15. The molecule has 0 aromatic heterocycles. The minimum atomic E-state index is -1.13. The number of rotatable bonds is 3. The van der Waals surface area contributed by atoms with Crippen LogP contribution in [0.2, 0.25) is 0 Å². The number of benzene rings is 2. The number of carboxylic acids is 1. The lowest BCUT2D eigenvalue weighted by molar-refractivity contribution is -0.136. The number of aliphatic carboxylic acids is 1. The number of hydrogen-bond acceptors (Lipinski definition) is 1. The average molecular weight is 248 g/mol. The van der Waals surface area contributed by atoms with Crippen molar-refractivity contribution in [2.24, 2.45) is 0 Å². The van der Waals surface area contributed by atoms with Gasteiger partial charge in [0.05, 0.1) is 6.42 Å². The summed E-state index contributed by atoms with van der Waals surface area (Å²) < 4.78 is 26.9. The molecule has 0 fully saturated rings. The van der Waals surface area contributed by atoms with Crippen molar-refractivity contribution in [3.63, 3.8) is 0 Å². The van der Waals surface area contributed by atoms with Crippen LogP contribution in [0.1, 0.15) is 5.56 Å². The maximum absolute atomic E-state index is 13.6. The lowest BCUT2D eigenvalue weighted by Crippen LogP contribution is -2.02. The molecule has 0 radical (unpaired) electrons. The van der Waals surface area contributed by atoms with Crippen LogP contribution in [0.4, 0.5) is 8.78 Å². The molecule has 0 spiro atoms. The second-order valence-corrected chi connectivity index (χ2v) is 3.86. The van der Waals surface area contributed by atoms with Gasteiger partial charge in [-0.1, -0.05) is 24.3 Å². The fourth-order valence-electron chi connectivity index (χ4n) is 1.74. The summed E-state index contributed by atoms with van der Waals surface area (Å²) >= 11 is 0. The van der Waals surface area contributed by atoms with Gasteiger partial charge in [0, 0.05) is 5.56 Å². The molecule has 0 heterocycles. The zero-order valence-corrected chi connectivity index (χ0v) is 9.36. The third kappa shape index (κ3) is 2.53. The molecular weight excluding hydrogens is 238 g/mol. The van der Waals surface area contributed by atoms with Crippen molar-refractivity contribution in [3.8, 4) is 11.1 Å². The summed E-state index contributed by atoms with van der Waals surface area (Å²) in [6.07, 6.45) is -0.422. The normalized spacial score (nSPS) is 10.3. The molecule has 18 heavy (non-hydrogen) atoms. The highest BCUT2D eigenvalue weighted by molar-refractivity contribution is 5.72. The van der Waals surface area contributed by atoms with Crippen LogP contribution in [0.25, 0.3) is 11.1 Å². The highest BCUT2D eigenvalue weighted by atomic mass is 19.1. The van der Waals surface area contributed by atoms with Crippen LogP contribution >= 0.6 is 0 Å². The van der Waals surface area contributed by atoms with Crippen LogP contribution in [0, 0.1) is 11.6 Å². The molecule has 0 aliphatic rings. The highest BCUT2D eigenvalue weighted by Crippen LogP contribution is 2.24. The highest BCUT2D eigenvalue weighted by Gasteiger charge is 2.10. The van der Waals surface area contributed by atoms with E-state index < -0.39 is 24.0 Å². The lowest BCUT2D eigenvalue weighted by Gasteiger charge is -2.06. The van der Waals surface area contributed by atoms with E-state index in [0.29, 0.717) is 11.1 Å². The predicted molar refractivity (Wildman–Crippen MR) is 63.1 cm³/mol. The summed E-state index contributed by atoms with van der Waals surface area (Å²) in [5.41, 5.74) is 0.832. The maximum Gasteiger partial charge on any atom is 0.307 e. The van der Waals surface area contributed by atoms with Gasteiger partial charge in [-0.2, -0.15) is 0 Å². The number of hydrogen-bond donors (Lipinski definition) is 1. The molecule has 2 aromatic rings. The van der Waals surface area contributed by atoms with E-state index in [1.165, 1.54) is 18.2 Å². The van der Waals surface area contributed by atoms with Gasteiger partial charge in [0.15, 0.2) is 0 Å². The van der Waals surface area contributed by atoms with Crippen LogP contribution in [0.5, 0.6) is 0 Å². The van der Waals surface area contributed by atoms with Crippen LogP contribution in [-0.4, -0.2) is 11.1 Å². The van der Waals surface area contributed by atoms with Crippen LogP contribution in [0.15, 0.2) is 42.5 Å². The van der Waals surface area contributed by atoms with Crippen molar-refractivity contribution in [2.75, 3.05) is 0 Å². The summed E-state index contributed by atoms with van der Waals surface area (Å²) in [5, 5.41) is 8.67. The van der Waals surface area contributed by atoms with Crippen molar-refractivity contribution in [1.82, 2.24) is 0 Å². The van der Waals surface area contributed by atoms with E-state index >= 15 is 0 Å². The van der Waals surface area contributed by atoms with E-state index in [0.717, 1.165) is 6.07 Å². The van der Waals surface area contributed by atoms with E-state index in [1.807, 2.05) is 0 Å². The van der Waals surface area contributed by atoms with E-state index in [9.17, 15) is 13.6 Å². The Hall–Kier alpha value is -2.23. The molecular formula is C14H10F2O2. The van der Waals surface area contributed by atoms with Gasteiger partial charge < -0.3 is 5.11 Å². The van der Waals surface area contributed by atoms with Gasteiger partial charge in [0.1, 0.15) is 11.6 Å². The Bertz CT molecular complexity index is 594. The topological polar surface area (TPSA) is 37.3 Å². The van der Waals surface area contributed by atoms with Gasteiger partial charge in [-0.3, -0.25) is 4.79 Å². The van der Waals surface area contributed by atoms with Crippen molar-refractivity contribution in [1.29, 1.82) is 0 Å². The minimum Gasteiger partial charge on any atom is -0.481 e. The van der Waals surface area contributed by atoms with Gasteiger partial charge in [-0.05, 0) is 29.3 Å². The van der Waals surface area contributed by atoms with E-state index in [2.05, 4.69) is 0 Å². The molecule has 4 heteroatoms. The zero-order valence-electron chi connectivity index (χ0n) is 9.36. The second kappa shape index (κ2) is 4.96. The van der Waals surface area contributed by atoms with Gasteiger partial charge in [0.2, 0.25) is 0 Å². The van der Waals surface area contributed by atoms with Gasteiger partial charge >= 0.3 is 5.97 Å². The molecule has 1 N–H and O–H groups in total. The van der Waals surface area contributed by atoms with E-state index in [1.54, 1.807) is 18.2 Å². The first-order valence-corrected chi connectivity index (χ1v) is 5.33. The first kappa shape index (κ1) is 12.2. The van der Waals surface area contributed by atoms with E-state index in [-0.39, 0.29) is 5.56 Å². The molecule has 0 aliphatic heterocycles. The van der Waals surface area contributed by atoms with Crippen molar-refractivity contribution in [3.05, 3.63) is 59.7 Å². The van der Waals surface area contributed by atoms with Crippen molar-refractivity contribution >= 4 is 5.97 Å². The smallest absolute Gasteiger partial charge is 0.307 e. The Labute approximate surface area is 103 Å². The third-order valence-corrected chi connectivity index (χ3v) is 2.57. The van der Waals surface area contributed by atoms with Crippen molar-refractivity contribution in [2.45, 2.75) is 6.42 Å². The molecule has 2 nitrogen and oxygen atoms in total. The predicted octanol–water partition coefficient (Wildman–Crippen LogP) is 3.26. The molecule has 0 saturated carbocycles. The Balaban J connectivity index is 2.47. The first-order chi connectivity index (χ1) is 8.58. The maximum atomic E-state index is 13.6. The lowest BCUT2D eigenvalue weighted by atomic mass is 10.0. The van der Waals surface area contributed by atoms with Crippen LogP contribution < -0.4 is 0 Å². The SMILES string of the molecule is O=C(O)Cc1cc(-c2ccccc2F)ccc1F. The summed E-state index contributed by atoms with van der Waals surface area (Å²) in [7, 11) is 0. The quantitative estimate of drug-likeness (QED) is 0.905. The molecule has 0 aliphatic carbocycles. The van der Waals surface area contributed by atoms with Gasteiger partial charge in [0.25, 0.3) is 0 Å². The third-order valence-electron chi connectivity index (χ3n) is 2.57. The van der Waals surface area contributed by atoms with Gasteiger partial charge in [-0.25, -0.2) is 8.78 Å². The molecule has 0 amide bonds. The molecule has 0 saturated heterocycles. The number of carboxylic acid groups (broad SMARTS) is 1. The molecule has 0 bridgehead atoms. The molecule has 0 unspecified atom stereocenters. The van der Waals surface area contributed by atoms with Crippen LogP contribution in [0.3, 0.4) is 0 Å².